The van der Waals surface area contributed by atoms with Gasteiger partial charge in [-0.3, -0.25) is 0 Å². The molecule has 1 heterocycles. The maximum absolute atomic E-state index is 12.5. The van der Waals surface area contributed by atoms with Crippen LogP contribution < -0.4 is 0 Å². The van der Waals surface area contributed by atoms with E-state index in [0.29, 0.717) is 0 Å². The van der Waals surface area contributed by atoms with Gasteiger partial charge in [0, 0.05) is 6.92 Å². The molecule has 1 unspecified atom stereocenters. The Bertz CT molecular complexity index is 250. The number of alkyl halides is 4. The zero-order valence-electron chi connectivity index (χ0n) is 7.64. The second-order valence-electron chi connectivity index (χ2n) is 3.02. The molecule has 0 N–H and O–H groups in total. The number of halogens is 4. The summed E-state index contributed by atoms with van der Waals surface area (Å²) in [7, 11) is 0. The van der Waals surface area contributed by atoms with Crippen LogP contribution in [0.5, 0.6) is 0 Å². The Morgan fingerprint density at radius 1 is 1.47 bits per heavy atom. The molecular weight excluding hydrogens is 224 g/mol. The van der Waals surface area contributed by atoms with E-state index in [1.165, 1.54) is 0 Å². The lowest BCUT2D eigenvalue weighted by molar-refractivity contribution is -0.344. The van der Waals surface area contributed by atoms with Gasteiger partial charge in [0.2, 0.25) is 0 Å². The third-order valence-corrected chi connectivity index (χ3v) is 1.61. The molecule has 88 valence electrons. The van der Waals surface area contributed by atoms with E-state index in [0.717, 1.165) is 0 Å². The fourth-order valence-corrected chi connectivity index (χ4v) is 0.772. The molecule has 0 spiro atoms. The third kappa shape index (κ3) is 2.95. The van der Waals surface area contributed by atoms with Crippen molar-refractivity contribution in [3.63, 3.8) is 0 Å². The van der Waals surface area contributed by atoms with Crippen LogP contribution in [0.4, 0.5) is 22.4 Å². The van der Waals surface area contributed by atoms with Crippen molar-refractivity contribution in [3.05, 3.63) is 0 Å². The quantitative estimate of drug-likeness (QED) is 0.547. The molecule has 4 nitrogen and oxygen atoms in total. The number of hydrogen-bond acceptors (Lipinski definition) is 4. The number of carbonyl (C=O) groups is 1. The van der Waals surface area contributed by atoms with Gasteiger partial charge in [0.25, 0.3) is 0 Å². The first-order valence-electron chi connectivity index (χ1n) is 3.95. The van der Waals surface area contributed by atoms with Gasteiger partial charge < -0.3 is 14.2 Å². The molecule has 1 aliphatic heterocycles. The van der Waals surface area contributed by atoms with E-state index in [-0.39, 0.29) is 13.5 Å². The van der Waals surface area contributed by atoms with E-state index in [9.17, 15) is 22.4 Å². The van der Waals surface area contributed by atoms with Gasteiger partial charge in [-0.2, -0.15) is 17.6 Å². The van der Waals surface area contributed by atoms with Crippen LogP contribution in [0, 0.1) is 0 Å². The molecular formula is C7H8F4O4. The fraction of sp³-hybridized carbons (Fsp3) is 0.857. The molecule has 0 bridgehead atoms. The molecule has 1 rings (SSSR count). The Hall–Kier alpha value is -1.05. The van der Waals surface area contributed by atoms with E-state index in [1.807, 2.05) is 0 Å². The number of carbonyl (C=O) groups excluding carboxylic acids is 1. The Labute approximate surface area is 82.1 Å². The molecule has 1 atom stereocenters. The van der Waals surface area contributed by atoms with E-state index >= 15 is 0 Å². The minimum Gasteiger partial charge on any atom is -0.430 e. The smallest absolute Gasteiger partial charge is 0.430 e. The summed E-state index contributed by atoms with van der Waals surface area (Å²) in [6.07, 6.45) is -6.71. The van der Waals surface area contributed by atoms with Gasteiger partial charge in [-0.1, -0.05) is 0 Å². The van der Waals surface area contributed by atoms with Gasteiger partial charge in [-0.05, 0) is 0 Å². The largest absolute Gasteiger partial charge is 0.508 e. The molecule has 0 aromatic carbocycles. The van der Waals surface area contributed by atoms with Crippen LogP contribution in [0.1, 0.15) is 6.92 Å². The maximum Gasteiger partial charge on any atom is 0.508 e. The molecule has 1 saturated heterocycles. The second kappa shape index (κ2) is 3.84. The normalized spacial score (nSPS) is 22.5. The van der Waals surface area contributed by atoms with Gasteiger partial charge in [0.15, 0.2) is 6.10 Å². The van der Waals surface area contributed by atoms with E-state index < -0.39 is 30.9 Å². The van der Waals surface area contributed by atoms with Gasteiger partial charge in [-0.25, -0.2) is 4.79 Å². The van der Waals surface area contributed by atoms with Crippen LogP contribution in [0.25, 0.3) is 0 Å². The molecule has 1 aliphatic rings. The second-order valence-corrected chi connectivity index (χ2v) is 3.02. The third-order valence-electron chi connectivity index (χ3n) is 1.61. The van der Waals surface area contributed by atoms with Gasteiger partial charge in [0.1, 0.15) is 6.61 Å². The van der Waals surface area contributed by atoms with Crippen molar-refractivity contribution in [3.8, 4) is 0 Å². The first-order chi connectivity index (χ1) is 6.72. The molecule has 1 fully saturated rings. The zero-order chi connectivity index (χ0) is 11.7. The minimum absolute atomic E-state index is 0.0319. The van der Waals surface area contributed by atoms with Crippen molar-refractivity contribution in [1.29, 1.82) is 0 Å². The standard InChI is InChI=1S/C7H8F4O4/c1-6(8,9)7(10,11)14-3-4-2-13-5(12)15-4/h4H,2-3H2,1H3. The van der Waals surface area contributed by atoms with E-state index in [4.69, 9.17) is 0 Å². The average Bonchev–Trinajstić information content (AvgIpc) is 2.46. The van der Waals surface area contributed by atoms with Crippen molar-refractivity contribution in [2.75, 3.05) is 13.2 Å². The Morgan fingerprint density at radius 2 is 2.07 bits per heavy atom. The highest BCUT2D eigenvalue weighted by atomic mass is 19.3. The van der Waals surface area contributed by atoms with Crippen LogP contribution in [0.2, 0.25) is 0 Å². The van der Waals surface area contributed by atoms with Gasteiger partial charge in [0.05, 0.1) is 6.61 Å². The summed E-state index contributed by atoms with van der Waals surface area (Å²) in [5.41, 5.74) is 0. The monoisotopic (exact) mass is 232 g/mol. The predicted octanol–water partition coefficient (Wildman–Crippen LogP) is 1.79. The van der Waals surface area contributed by atoms with Crippen LogP contribution in [0.3, 0.4) is 0 Å². The molecule has 15 heavy (non-hydrogen) atoms. The molecule has 0 saturated carbocycles. The molecule has 0 aliphatic carbocycles. The topological polar surface area (TPSA) is 44.8 Å². The molecule has 8 heteroatoms. The minimum atomic E-state index is -4.60. The van der Waals surface area contributed by atoms with Crippen LogP contribution in [-0.2, 0) is 14.2 Å². The molecule has 0 aromatic heterocycles. The first kappa shape index (κ1) is 12.0. The van der Waals surface area contributed by atoms with Gasteiger partial charge in [-0.15, -0.1) is 0 Å². The highest BCUT2D eigenvalue weighted by molar-refractivity contribution is 5.61. The summed E-state index contributed by atoms with van der Waals surface area (Å²) in [6.45, 7) is -1.10. The van der Waals surface area contributed by atoms with Crippen LogP contribution in [-0.4, -0.2) is 37.5 Å². The Kier molecular flexibility index (Phi) is 3.08. The zero-order valence-corrected chi connectivity index (χ0v) is 7.64. The number of ether oxygens (including phenoxy) is 3. The number of cyclic esters (lactones) is 2. The van der Waals surface area contributed by atoms with E-state index in [1.54, 1.807) is 0 Å². The lowest BCUT2D eigenvalue weighted by Crippen LogP contribution is -2.42. The summed E-state index contributed by atoms with van der Waals surface area (Å²) in [6, 6.07) is 0. The van der Waals surface area contributed by atoms with Crippen molar-refractivity contribution in [2.45, 2.75) is 25.1 Å². The summed E-state index contributed by atoms with van der Waals surface area (Å²) in [4.78, 5) is 10.3. The number of rotatable bonds is 4. The average molecular weight is 232 g/mol. The highest BCUT2D eigenvalue weighted by Gasteiger charge is 2.54. The van der Waals surface area contributed by atoms with Crippen molar-refractivity contribution < 1.29 is 36.6 Å². The van der Waals surface area contributed by atoms with Crippen molar-refractivity contribution in [2.24, 2.45) is 0 Å². The summed E-state index contributed by atoms with van der Waals surface area (Å²) < 4.78 is 61.8. The van der Waals surface area contributed by atoms with Crippen LogP contribution >= 0.6 is 0 Å². The first-order valence-corrected chi connectivity index (χ1v) is 3.95. The molecule has 0 radical (unpaired) electrons. The Balaban J connectivity index is 2.40. The van der Waals surface area contributed by atoms with Crippen molar-refractivity contribution >= 4 is 6.16 Å². The SMILES string of the molecule is CC(F)(F)C(F)(F)OCC1COC(=O)O1. The number of hydrogen-bond donors (Lipinski definition) is 0. The summed E-state index contributed by atoms with van der Waals surface area (Å²) in [5, 5.41) is 0. The molecule has 0 aromatic rings. The summed E-state index contributed by atoms with van der Waals surface area (Å²) >= 11 is 0. The summed E-state index contributed by atoms with van der Waals surface area (Å²) in [5.74, 6) is -4.30. The van der Waals surface area contributed by atoms with Gasteiger partial charge >= 0.3 is 18.2 Å². The van der Waals surface area contributed by atoms with Crippen molar-refractivity contribution in [1.82, 2.24) is 0 Å². The molecule has 0 amide bonds. The lowest BCUT2D eigenvalue weighted by Gasteiger charge is -2.23. The maximum atomic E-state index is 12.5. The highest BCUT2D eigenvalue weighted by Crippen LogP contribution is 2.34. The van der Waals surface area contributed by atoms with Crippen LogP contribution in [0.15, 0.2) is 0 Å². The van der Waals surface area contributed by atoms with E-state index in [2.05, 4.69) is 14.2 Å². The Morgan fingerprint density at radius 3 is 2.47 bits per heavy atom. The lowest BCUT2D eigenvalue weighted by atomic mass is 10.3. The predicted molar refractivity (Wildman–Crippen MR) is 37.7 cm³/mol. The fourth-order valence-electron chi connectivity index (χ4n) is 0.772.